The van der Waals surface area contributed by atoms with Gasteiger partial charge < -0.3 is 15.4 Å². The smallest absolute Gasteiger partial charge is 0.326 e. The van der Waals surface area contributed by atoms with Gasteiger partial charge in [-0.15, -0.1) is 0 Å². The normalized spacial score (nSPS) is 11.3. The maximum Gasteiger partial charge on any atom is 0.326 e. The number of hydrogen-bond acceptors (Lipinski definition) is 6. The molecular formula is C18H15ClFN3O6. The van der Waals surface area contributed by atoms with Crippen molar-refractivity contribution < 1.29 is 28.4 Å². The van der Waals surface area contributed by atoms with Gasteiger partial charge in [0.05, 0.1) is 10.6 Å². The number of anilines is 1. The van der Waals surface area contributed by atoms with Gasteiger partial charge in [0.1, 0.15) is 17.4 Å². The summed E-state index contributed by atoms with van der Waals surface area (Å²) in [5.41, 5.74) is -0.613. The number of carbonyl (C=O) groups excluding carboxylic acids is 3. The highest BCUT2D eigenvalue weighted by Crippen LogP contribution is 2.25. The predicted octanol–water partition coefficient (Wildman–Crippen LogP) is 2.69. The van der Waals surface area contributed by atoms with E-state index in [1.807, 2.05) is 0 Å². The second-order valence-corrected chi connectivity index (χ2v) is 6.11. The number of nitrogens with one attached hydrogen (secondary N) is 2. The second kappa shape index (κ2) is 9.60. The number of benzene rings is 2. The highest BCUT2D eigenvalue weighted by atomic mass is 35.5. The first-order chi connectivity index (χ1) is 13.7. The Labute approximate surface area is 168 Å². The average Bonchev–Trinajstić information content (AvgIpc) is 2.67. The Balaban J connectivity index is 1.88. The van der Waals surface area contributed by atoms with E-state index in [4.69, 9.17) is 16.3 Å². The topological polar surface area (TPSA) is 128 Å². The van der Waals surface area contributed by atoms with Gasteiger partial charge in [-0.25, -0.2) is 4.39 Å². The Bertz CT molecular complexity index is 968. The van der Waals surface area contributed by atoms with E-state index in [1.54, 1.807) is 0 Å². The maximum atomic E-state index is 13.5. The Morgan fingerprint density at radius 1 is 1.24 bits per heavy atom. The lowest BCUT2D eigenvalue weighted by Crippen LogP contribution is -2.36. The van der Waals surface area contributed by atoms with Crippen LogP contribution < -0.4 is 10.6 Å². The van der Waals surface area contributed by atoms with Crippen molar-refractivity contribution in [3.63, 3.8) is 0 Å². The van der Waals surface area contributed by atoms with Crippen LogP contribution in [0.15, 0.2) is 42.5 Å². The zero-order valence-corrected chi connectivity index (χ0v) is 15.7. The monoisotopic (exact) mass is 423 g/mol. The Morgan fingerprint density at radius 3 is 2.59 bits per heavy atom. The summed E-state index contributed by atoms with van der Waals surface area (Å²) in [5.74, 6) is -3.12. The van der Waals surface area contributed by atoms with Crippen LogP contribution in [0.2, 0.25) is 5.02 Å². The third-order valence-corrected chi connectivity index (χ3v) is 3.93. The van der Waals surface area contributed by atoms with Gasteiger partial charge in [0.2, 0.25) is 0 Å². The van der Waals surface area contributed by atoms with Gasteiger partial charge in [-0.2, -0.15) is 0 Å². The number of para-hydroxylation sites is 1. The summed E-state index contributed by atoms with van der Waals surface area (Å²) in [6, 6.07) is 8.87. The van der Waals surface area contributed by atoms with Crippen molar-refractivity contribution in [2.45, 2.75) is 13.0 Å². The summed E-state index contributed by atoms with van der Waals surface area (Å²) in [6.07, 6.45) is -1.25. The maximum absolute atomic E-state index is 13.5. The molecular weight excluding hydrogens is 409 g/mol. The number of halogens is 2. The van der Waals surface area contributed by atoms with Crippen LogP contribution in [-0.4, -0.2) is 35.4 Å². The van der Waals surface area contributed by atoms with Gasteiger partial charge >= 0.3 is 5.97 Å². The van der Waals surface area contributed by atoms with E-state index in [9.17, 15) is 28.9 Å². The number of nitro benzene ring substituents is 1. The van der Waals surface area contributed by atoms with Gasteiger partial charge in [-0.05, 0) is 31.2 Å². The highest BCUT2D eigenvalue weighted by molar-refractivity contribution is 6.32. The van der Waals surface area contributed by atoms with E-state index in [1.165, 1.54) is 37.3 Å². The molecule has 2 aromatic rings. The predicted molar refractivity (Wildman–Crippen MR) is 101 cm³/mol. The molecule has 2 N–H and O–H groups in total. The summed E-state index contributed by atoms with van der Waals surface area (Å²) >= 11 is 5.67. The largest absolute Gasteiger partial charge is 0.451 e. The van der Waals surface area contributed by atoms with E-state index >= 15 is 0 Å². The molecule has 0 aliphatic carbocycles. The molecule has 0 spiro atoms. The van der Waals surface area contributed by atoms with Crippen molar-refractivity contribution in [3.05, 3.63) is 69.0 Å². The van der Waals surface area contributed by atoms with E-state index in [2.05, 4.69) is 10.6 Å². The van der Waals surface area contributed by atoms with Crippen LogP contribution in [0.25, 0.3) is 0 Å². The van der Waals surface area contributed by atoms with Crippen LogP contribution in [0, 0.1) is 15.9 Å². The summed E-state index contributed by atoms with van der Waals surface area (Å²) in [6.45, 7) is 0.686. The van der Waals surface area contributed by atoms with Crippen LogP contribution in [0.4, 0.5) is 15.8 Å². The molecule has 0 aliphatic rings. The fourth-order valence-corrected chi connectivity index (χ4v) is 2.32. The number of hydrogen-bond donors (Lipinski definition) is 2. The molecule has 29 heavy (non-hydrogen) atoms. The van der Waals surface area contributed by atoms with Crippen LogP contribution in [-0.2, 0) is 14.3 Å². The van der Waals surface area contributed by atoms with Gasteiger partial charge in [-0.3, -0.25) is 24.5 Å². The molecule has 152 valence electrons. The molecule has 9 nitrogen and oxygen atoms in total. The molecule has 1 atom stereocenters. The van der Waals surface area contributed by atoms with Crippen LogP contribution in [0.3, 0.4) is 0 Å². The lowest BCUT2D eigenvalue weighted by atomic mass is 10.2. The molecule has 0 fully saturated rings. The molecule has 1 unspecified atom stereocenters. The number of nitrogens with zero attached hydrogens (tertiary/aromatic N) is 1. The molecule has 0 saturated carbocycles. The van der Waals surface area contributed by atoms with Crippen LogP contribution in [0.1, 0.15) is 17.3 Å². The zero-order valence-electron chi connectivity index (χ0n) is 15.0. The molecule has 0 aliphatic heterocycles. The first-order valence-corrected chi connectivity index (χ1v) is 8.54. The number of amides is 2. The van der Waals surface area contributed by atoms with Crippen LogP contribution in [0.5, 0.6) is 0 Å². The second-order valence-electron chi connectivity index (χ2n) is 5.71. The zero-order chi connectivity index (χ0) is 21.6. The standard InChI is InChI=1S/C18H15ClFN3O6/c1-10(17(25)22-14-5-3-2-4-13(14)20)29-16(24)9-21-18(26)11-6-7-12(19)15(8-11)23(27)28/h2-8,10H,9H2,1H3,(H,21,26)(H,22,25). The van der Waals surface area contributed by atoms with Crippen molar-refractivity contribution in [1.29, 1.82) is 0 Å². The molecule has 0 radical (unpaired) electrons. The molecule has 0 aromatic heterocycles. The van der Waals surface area contributed by atoms with Crippen molar-refractivity contribution in [2.24, 2.45) is 0 Å². The molecule has 11 heteroatoms. The Morgan fingerprint density at radius 2 is 1.93 bits per heavy atom. The molecule has 2 rings (SSSR count). The number of nitro groups is 1. The highest BCUT2D eigenvalue weighted by Gasteiger charge is 2.20. The SMILES string of the molecule is CC(OC(=O)CNC(=O)c1ccc(Cl)c([N+](=O)[O-])c1)C(=O)Nc1ccccc1F. The van der Waals surface area contributed by atoms with E-state index in [-0.39, 0.29) is 16.3 Å². The molecule has 2 aromatic carbocycles. The summed E-state index contributed by atoms with van der Waals surface area (Å²) in [5, 5.41) is 15.2. The molecule has 0 bridgehead atoms. The number of esters is 1. The van der Waals surface area contributed by atoms with Crippen molar-refractivity contribution in [2.75, 3.05) is 11.9 Å². The van der Waals surface area contributed by atoms with Crippen molar-refractivity contribution >= 4 is 40.8 Å². The fourth-order valence-electron chi connectivity index (χ4n) is 2.14. The third kappa shape index (κ3) is 5.98. The number of rotatable bonds is 7. The minimum absolute atomic E-state index is 0.0713. The fraction of sp³-hybridized carbons (Fsp3) is 0.167. The lowest BCUT2D eigenvalue weighted by molar-refractivity contribution is -0.384. The van der Waals surface area contributed by atoms with Gasteiger partial charge in [0, 0.05) is 11.6 Å². The number of ether oxygens (including phenoxy) is 1. The van der Waals surface area contributed by atoms with E-state index in [0.717, 1.165) is 12.1 Å². The molecule has 2 amide bonds. The summed E-state index contributed by atoms with van der Waals surface area (Å²) < 4.78 is 18.4. The van der Waals surface area contributed by atoms with E-state index < -0.39 is 46.9 Å². The number of carbonyl (C=O) groups is 3. The minimum atomic E-state index is -1.25. The first-order valence-electron chi connectivity index (χ1n) is 8.16. The Kier molecular flexibility index (Phi) is 7.21. The van der Waals surface area contributed by atoms with Crippen LogP contribution >= 0.6 is 11.6 Å². The average molecular weight is 424 g/mol. The van der Waals surface area contributed by atoms with Crippen molar-refractivity contribution in [3.8, 4) is 0 Å². The Hall–Kier alpha value is -3.53. The van der Waals surface area contributed by atoms with Crippen molar-refractivity contribution in [1.82, 2.24) is 5.32 Å². The molecule has 0 heterocycles. The lowest BCUT2D eigenvalue weighted by Gasteiger charge is -2.14. The van der Waals surface area contributed by atoms with Gasteiger partial charge in [-0.1, -0.05) is 23.7 Å². The molecule has 0 saturated heterocycles. The summed E-state index contributed by atoms with van der Waals surface area (Å²) in [4.78, 5) is 45.9. The van der Waals surface area contributed by atoms with Gasteiger partial charge in [0.25, 0.3) is 17.5 Å². The quantitative estimate of drug-likeness (QED) is 0.400. The van der Waals surface area contributed by atoms with E-state index in [0.29, 0.717) is 0 Å². The van der Waals surface area contributed by atoms with Gasteiger partial charge in [0.15, 0.2) is 6.10 Å². The summed E-state index contributed by atoms with van der Waals surface area (Å²) in [7, 11) is 0. The third-order valence-electron chi connectivity index (χ3n) is 3.61. The minimum Gasteiger partial charge on any atom is -0.451 e. The first kappa shape index (κ1) is 21.8.